The van der Waals surface area contributed by atoms with Crippen LogP contribution in [0, 0.1) is 0 Å². The fourth-order valence-corrected chi connectivity index (χ4v) is 2.57. The third-order valence-corrected chi connectivity index (χ3v) is 4.01. The number of hydrogen-bond acceptors (Lipinski definition) is 1. The van der Waals surface area contributed by atoms with Crippen molar-refractivity contribution >= 4 is 23.2 Å². The molecule has 0 aromatic heterocycles. The molecule has 0 amide bonds. The molecule has 1 atom stereocenters. The van der Waals surface area contributed by atoms with Crippen LogP contribution in [0.3, 0.4) is 0 Å². The fourth-order valence-electron chi connectivity index (χ4n) is 2.18. The number of aliphatic hydroxyl groups is 1. The van der Waals surface area contributed by atoms with Gasteiger partial charge in [-0.3, -0.25) is 0 Å². The molecular formula is C16H16Cl2O. The van der Waals surface area contributed by atoms with Crippen molar-refractivity contribution in [1.82, 2.24) is 0 Å². The van der Waals surface area contributed by atoms with Crippen LogP contribution >= 0.6 is 23.2 Å². The molecule has 2 aromatic carbocycles. The summed E-state index contributed by atoms with van der Waals surface area (Å²) in [5, 5.41) is 11.2. The smallest absolute Gasteiger partial charge is 0.0528 e. The molecule has 19 heavy (non-hydrogen) atoms. The zero-order valence-electron chi connectivity index (χ0n) is 10.7. The van der Waals surface area contributed by atoms with Crippen molar-refractivity contribution in [2.75, 3.05) is 6.61 Å². The van der Waals surface area contributed by atoms with Crippen LogP contribution in [0.25, 0.3) is 0 Å². The van der Waals surface area contributed by atoms with E-state index in [1.54, 1.807) is 0 Å². The molecule has 0 aliphatic rings. The van der Waals surface area contributed by atoms with E-state index in [1.807, 2.05) is 55.5 Å². The first-order chi connectivity index (χ1) is 9.05. The van der Waals surface area contributed by atoms with Gasteiger partial charge in [0, 0.05) is 15.5 Å². The van der Waals surface area contributed by atoms with Gasteiger partial charge >= 0.3 is 0 Å². The Hall–Kier alpha value is -1.02. The van der Waals surface area contributed by atoms with Gasteiger partial charge < -0.3 is 5.11 Å². The highest BCUT2D eigenvalue weighted by Crippen LogP contribution is 2.31. The molecular weight excluding hydrogens is 279 g/mol. The lowest BCUT2D eigenvalue weighted by atomic mass is 9.78. The van der Waals surface area contributed by atoms with Gasteiger partial charge in [0.15, 0.2) is 0 Å². The van der Waals surface area contributed by atoms with Crippen molar-refractivity contribution in [2.45, 2.75) is 18.8 Å². The number of halogens is 2. The lowest BCUT2D eigenvalue weighted by molar-refractivity contribution is 0.204. The minimum atomic E-state index is -0.393. The Morgan fingerprint density at radius 1 is 1.05 bits per heavy atom. The quantitative estimate of drug-likeness (QED) is 0.881. The van der Waals surface area contributed by atoms with E-state index in [0.717, 1.165) is 16.1 Å². The summed E-state index contributed by atoms with van der Waals surface area (Å²) in [5.74, 6) is 0. The van der Waals surface area contributed by atoms with Crippen molar-refractivity contribution in [3.05, 3.63) is 69.7 Å². The van der Waals surface area contributed by atoms with Crippen LogP contribution in [0.15, 0.2) is 48.5 Å². The maximum absolute atomic E-state index is 9.80. The van der Waals surface area contributed by atoms with Gasteiger partial charge in [0.25, 0.3) is 0 Å². The van der Waals surface area contributed by atoms with Crippen molar-refractivity contribution in [1.29, 1.82) is 0 Å². The minimum absolute atomic E-state index is 0.0402. The minimum Gasteiger partial charge on any atom is -0.395 e. The molecule has 3 heteroatoms. The summed E-state index contributed by atoms with van der Waals surface area (Å²) in [6.45, 7) is 2.06. The highest BCUT2D eigenvalue weighted by molar-refractivity contribution is 6.31. The molecule has 0 spiro atoms. The van der Waals surface area contributed by atoms with Gasteiger partial charge in [-0.1, -0.05) is 60.5 Å². The van der Waals surface area contributed by atoms with Crippen molar-refractivity contribution in [3.63, 3.8) is 0 Å². The van der Waals surface area contributed by atoms with Crippen molar-refractivity contribution < 1.29 is 5.11 Å². The summed E-state index contributed by atoms with van der Waals surface area (Å²) in [5.41, 5.74) is 1.65. The van der Waals surface area contributed by atoms with Crippen LogP contribution in [0.2, 0.25) is 10.0 Å². The number of rotatable bonds is 4. The molecule has 0 saturated carbocycles. The number of benzene rings is 2. The number of hydrogen-bond donors (Lipinski definition) is 1. The molecule has 0 saturated heterocycles. The summed E-state index contributed by atoms with van der Waals surface area (Å²) >= 11 is 12.2. The molecule has 0 heterocycles. The lowest BCUT2D eigenvalue weighted by Gasteiger charge is -2.28. The van der Waals surface area contributed by atoms with Crippen LogP contribution in [0.5, 0.6) is 0 Å². The van der Waals surface area contributed by atoms with Gasteiger partial charge in [0.05, 0.1) is 6.61 Å². The average Bonchev–Trinajstić information content (AvgIpc) is 2.41. The monoisotopic (exact) mass is 294 g/mol. The Labute approximate surface area is 123 Å². The van der Waals surface area contributed by atoms with E-state index in [2.05, 4.69) is 0 Å². The number of aliphatic hydroxyl groups excluding tert-OH is 1. The Bertz CT molecular complexity index is 568. The van der Waals surface area contributed by atoms with Crippen molar-refractivity contribution in [3.8, 4) is 0 Å². The first kappa shape index (κ1) is 14.4. The van der Waals surface area contributed by atoms with Crippen LogP contribution in [-0.2, 0) is 11.8 Å². The molecule has 2 rings (SSSR count). The third-order valence-electron chi connectivity index (χ3n) is 3.41. The topological polar surface area (TPSA) is 20.2 Å². The van der Waals surface area contributed by atoms with Crippen molar-refractivity contribution in [2.24, 2.45) is 0 Å². The van der Waals surface area contributed by atoms with Gasteiger partial charge in [0.1, 0.15) is 0 Å². The Kier molecular flexibility index (Phi) is 4.51. The van der Waals surface area contributed by atoms with Gasteiger partial charge in [-0.2, -0.15) is 0 Å². The van der Waals surface area contributed by atoms with E-state index in [1.165, 1.54) is 0 Å². The molecule has 1 nitrogen and oxygen atoms in total. The summed E-state index contributed by atoms with van der Waals surface area (Å²) in [6.07, 6.45) is 0.670. The standard InChI is InChI=1S/C16H16Cl2O/c1-16(11-19,13-6-4-7-14(17)9-13)10-12-5-2-3-8-15(12)18/h2-9,19H,10-11H2,1H3. The molecule has 0 aliphatic heterocycles. The molecule has 0 aliphatic carbocycles. The molecule has 0 radical (unpaired) electrons. The highest BCUT2D eigenvalue weighted by Gasteiger charge is 2.27. The van der Waals surface area contributed by atoms with Gasteiger partial charge in [-0.05, 0) is 35.7 Å². The molecule has 1 unspecified atom stereocenters. The van der Waals surface area contributed by atoms with Gasteiger partial charge in [-0.15, -0.1) is 0 Å². The van der Waals surface area contributed by atoms with Gasteiger partial charge in [0.2, 0.25) is 0 Å². The summed E-state index contributed by atoms with van der Waals surface area (Å²) in [7, 11) is 0. The average molecular weight is 295 g/mol. The Morgan fingerprint density at radius 2 is 1.79 bits per heavy atom. The van der Waals surface area contributed by atoms with E-state index < -0.39 is 5.41 Å². The molecule has 1 N–H and O–H groups in total. The fraction of sp³-hybridized carbons (Fsp3) is 0.250. The van der Waals surface area contributed by atoms with E-state index in [-0.39, 0.29) is 6.61 Å². The second kappa shape index (κ2) is 5.96. The summed E-state index contributed by atoms with van der Waals surface area (Å²) in [6, 6.07) is 15.3. The summed E-state index contributed by atoms with van der Waals surface area (Å²) < 4.78 is 0. The molecule has 0 bridgehead atoms. The van der Waals surface area contributed by atoms with E-state index >= 15 is 0 Å². The van der Waals surface area contributed by atoms with E-state index in [0.29, 0.717) is 11.4 Å². The SMILES string of the molecule is CC(CO)(Cc1ccccc1Cl)c1cccc(Cl)c1. The van der Waals surface area contributed by atoms with E-state index in [4.69, 9.17) is 23.2 Å². The van der Waals surface area contributed by atoms with Crippen LogP contribution in [-0.4, -0.2) is 11.7 Å². The van der Waals surface area contributed by atoms with E-state index in [9.17, 15) is 5.11 Å². The molecule has 2 aromatic rings. The largest absolute Gasteiger partial charge is 0.395 e. The Balaban J connectivity index is 2.36. The van der Waals surface area contributed by atoms with Crippen LogP contribution in [0.4, 0.5) is 0 Å². The van der Waals surface area contributed by atoms with Crippen LogP contribution < -0.4 is 0 Å². The highest BCUT2D eigenvalue weighted by atomic mass is 35.5. The third kappa shape index (κ3) is 3.30. The lowest BCUT2D eigenvalue weighted by Crippen LogP contribution is -2.29. The predicted molar refractivity (Wildman–Crippen MR) is 81.0 cm³/mol. The first-order valence-corrected chi connectivity index (χ1v) is 6.91. The molecule has 0 fully saturated rings. The normalized spacial score (nSPS) is 14.1. The zero-order valence-corrected chi connectivity index (χ0v) is 12.2. The second-order valence-electron chi connectivity index (χ2n) is 5.00. The first-order valence-electron chi connectivity index (χ1n) is 6.15. The molecule has 100 valence electrons. The maximum Gasteiger partial charge on any atom is 0.0528 e. The Morgan fingerprint density at radius 3 is 2.42 bits per heavy atom. The van der Waals surface area contributed by atoms with Crippen LogP contribution in [0.1, 0.15) is 18.1 Å². The second-order valence-corrected chi connectivity index (χ2v) is 5.84. The zero-order chi connectivity index (χ0) is 13.9. The predicted octanol–water partition coefficient (Wildman–Crippen LogP) is 4.49. The maximum atomic E-state index is 9.80. The van der Waals surface area contributed by atoms with Gasteiger partial charge in [-0.25, -0.2) is 0 Å². The summed E-state index contributed by atoms with van der Waals surface area (Å²) in [4.78, 5) is 0.